The van der Waals surface area contributed by atoms with Crippen LogP contribution in [0.15, 0.2) is 59.0 Å². The van der Waals surface area contributed by atoms with Crippen LogP contribution in [0.3, 0.4) is 0 Å². The number of fused-ring (bicyclic) bond motifs is 1. The van der Waals surface area contributed by atoms with E-state index in [1.165, 1.54) is 17.5 Å². The van der Waals surface area contributed by atoms with E-state index in [4.69, 9.17) is 20.8 Å². The van der Waals surface area contributed by atoms with Crippen molar-refractivity contribution in [3.05, 3.63) is 99.2 Å². The first-order valence-electron chi connectivity index (χ1n) is 11.4. The normalized spacial score (nSPS) is 12.6. The quantitative estimate of drug-likeness (QED) is 0.350. The third-order valence-corrected chi connectivity index (χ3v) is 6.45. The molecule has 7 heteroatoms. The van der Waals surface area contributed by atoms with E-state index in [1.807, 2.05) is 48.9 Å². The van der Waals surface area contributed by atoms with E-state index >= 15 is 0 Å². The molecule has 0 bridgehead atoms. The SMILES string of the molecule is Cc1nn(Cc2ccc(Cl)cc2)c(C)c1NC(=O)c1ccc(COc2ccc3c(c2)CCC3)o1. The Balaban J connectivity index is 1.22. The molecule has 2 heterocycles. The van der Waals surface area contributed by atoms with E-state index in [0.29, 0.717) is 23.0 Å². The number of nitrogens with zero attached hydrogens (tertiary/aromatic N) is 2. The summed E-state index contributed by atoms with van der Waals surface area (Å²) in [5, 5.41) is 8.23. The van der Waals surface area contributed by atoms with Crippen LogP contribution >= 0.6 is 11.6 Å². The predicted octanol–water partition coefficient (Wildman–Crippen LogP) is 6.11. The number of benzene rings is 2. The second kappa shape index (κ2) is 9.39. The van der Waals surface area contributed by atoms with Crippen LogP contribution in [0.2, 0.25) is 5.02 Å². The van der Waals surface area contributed by atoms with Crippen molar-refractivity contribution in [3.63, 3.8) is 0 Å². The van der Waals surface area contributed by atoms with E-state index < -0.39 is 0 Å². The van der Waals surface area contributed by atoms with Gasteiger partial charge in [0.05, 0.1) is 23.6 Å². The number of halogens is 1. The molecule has 174 valence electrons. The molecular formula is C27H26ClN3O3. The van der Waals surface area contributed by atoms with Crippen molar-refractivity contribution in [3.8, 4) is 5.75 Å². The van der Waals surface area contributed by atoms with Gasteiger partial charge in [0.2, 0.25) is 0 Å². The number of hydrogen-bond acceptors (Lipinski definition) is 4. The highest BCUT2D eigenvalue weighted by Gasteiger charge is 2.18. The monoisotopic (exact) mass is 475 g/mol. The van der Waals surface area contributed by atoms with Gasteiger partial charge in [-0.2, -0.15) is 5.10 Å². The molecule has 0 saturated heterocycles. The van der Waals surface area contributed by atoms with Crippen LogP contribution < -0.4 is 10.1 Å². The molecule has 2 aromatic heterocycles. The Morgan fingerprint density at radius 1 is 1.09 bits per heavy atom. The Hall–Kier alpha value is -3.51. The third-order valence-electron chi connectivity index (χ3n) is 6.20. The van der Waals surface area contributed by atoms with Gasteiger partial charge in [0.25, 0.3) is 5.91 Å². The topological polar surface area (TPSA) is 69.3 Å². The van der Waals surface area contributed by atoms with Crippen molar-refractivity contribution in [2.24, 2.45) is 0 Å². The highest BCUT2D eigenvalue weighted by Crippen LogP contribution is 2.27. The van der Waals surface area contributed by atoms with Gasteiger partial charge in [0.1, 0.15) is 18.1 Å². The summed E-state index contributed by atoms with van der Waals surface area (Å²) in [4.78, 5) is 12.8. The van der Waals surface area contributed by atoms with Gasteiger partial charge in [-0.25, -0.2) is 0 Å². The number of furan rings is 1. The number of ether oxygens (including phenoxy) is 1. The lowest BCUT2D eigenvalue weighted by Gasteiger charge is -2.07. The zero-order chi connectivity index (χ0) is 23.7. The Labute approximate surface area is 203 Å². The lowest BCUT2D eigenvalue weighted by Crippen LogP contribution is -2.12. The van der Waals surface area contributed by atoms with Crippen LogP contribution in [-0.4, -0.2) is 15.7 Å². The maximum atomic E-state index is 12.8. The van der Waals surface area contributed by atoms with E-state index in [1.54, 1.807) is 12.1 Å². The second-order valence-electron chi connectivity index (χ2n) is 8.62. The number of aromatic nitrogens is 2. The van der Waals surface area contributed by atoms with Gasteiger partial charge in [-0.15, -0.1) is 0 Å². The summed E-state index contributed by atoms with van der Waals surface area (Å²) >= 11 is 5.98. The molecule has 0 radical (unpaired) electrons. The summed E-state index contributed by atoms with van der Waals surface area (Å²) in [5.41, 5.74) is 6.14. The number of anilines is 1. The van der Waals surface area contributed by atoms with Crippen LogP contribution in [0.1, 0.15) is 50.8 Å². The molecule has 2 aromatic carbocycles. The number of nitrogens with one attached hydrogen (secondary N) is 1. The van der Waals surface area contributed by atoms with Crippen molar-refractivity contribution in [1.82, 2.24) is 9.78 Å². The largest absolute Gasteiger partial charge is 0.486 e. The standard InChI is InChI=1S/C27H26ClN3O3/c1-17-26(18(2)31(30-17)15-19-6-9-22(28)10-7-19)29-27(32)25-13-12-24(34-25)16-33-23-11-8-20-4-3-5-21(20)14-23/h6-14H,3-5,15-16H2,1-2H3,(H,29,32). The van der Waals surface area contributed by atoms with Crippen molar-refractivity contribution < 1.29 is 13.9 Å². The minimum Gasteiger partial charge on any atom is -0.486 e. The molecule has 0 aliphatic heterocycles. The number of rotatable bonds is 7. The summed E-state index contributed by atoms with van der Waals surface area (Å²) < 4.78 is 13.5. The Bertz CT molecular complexity index is 1340. The van der Waals surface area contributed by atoms with Gasteiger partial charge in [-0.3, -0.25) is 9.48 Å². The summed E-state index contributed by atoms with van der Waals surface area (Å²) in [7, 11) is 0. The van der Waals surface area contributed by atoms with E-state index in [9.17, 15) is 4.79 Å². The fraction of sp³-hybridized carbons (Fsp3) is 0.259. The van der Waals surface area contributed by atoms with E-state index in [0.717, 1.165) is 35.5 Å². The molecule has 0 fully saturated rings. The first-order chi connectivity index (χ1) is 16.5. The molecule has 0 atom stereocenters. The fourth-order valence-electron chi connectivity index (χ4n) is 4.34. The van der Waals surface area contributed by atoms with Gasteiger partial charge < -0.3 is 14.5 Å². The molecule has 0 spiro atoms. The molecule has 1 amide bonds. The molecule has 1 N–H and O–H groups in total. The molecule has 6 nitrogen and oxygen atoms in total. The Morgan fingerprint density at radius 3 is 2.71 bits per heavy atom. The first-order valence-corrected chi connectivity index (χ1v) is 11.8. The zero-order valence-electron chi connectivity index (χ0n) is 19.2. The molecule has 1 aliphatic rings. The van der Waals surface area contributed by atoms with Crippen molar-refractivity contribution >= 4 is 23.2 Å². The Kier molecular flexibility index (Phi) is 6.16. The summed E-state index contributed by atoms with van der Waals surface area (Å²) in [6.07, 6.45) is 3.45. The molecule has 34 heavy (non-hydrogen) atoms. The molecular weight excluding hydrogens is 450 g/mol. The third kappa shape index (κ3) is 4.73. The van der Waals surface area contributed by atoms with Gasteiger partial charge in [0.15, 0.2) is 5.76 Å². The number of carbonyl (C=O) groups excluding carboxylic acids is 1. The van der Waals surface area contributed by atoms with Gasteiger partial charge in [-0.1, -0.05) is 29.8 Å². The minimum atomic E-state index is -0.318. The number of carbonyl (C=O) groups is 1. The van der Waals surface area contributed by atoms with Crippen molar-refractivity contribution in [2.45, 2.75) is 46.3 Å². The van der Waals surface area contributed by atoms with Crippen LogP contribution in [0, 0.1) is 13.8 Å². The maximum Gasteiger partial charge on any atom is 0.291 e. The van der Waals surface area contributed by atoms with Crippen LogP contribution in [0.25, 0.3) is 0 Å². The van der Waals surface area contributed by atoms with Gasteiger partial charge >= 0.3 is 0 Å². The summed E-state index contributed by atoms with van der Waals surface area (Å²) in [6.45, 7) is 4.66. The predicted molar refractivity (Wildman–Crippen MR) is 132 cm³/mol. The highest BCUT2D eigenvalue weighted by molar-refractivity contribution is 6.30. The number of aryl methyl sites for hydroxylation is 3. The van der Waals surface area contributed by atoms with Crippen molar-refractivity contribution in [2.75, 3.05) is 5.32 Å². The summed E-state index contributed by atoms with van der Waals surface area (Å²) in [6, 6.07) is 17.3. The fourth-order valence-corrected chi connectivity index (χ4v) is 4.47. The molecule has 5 rings (SSSR count). The van der Waals surface area contributed by atoms with Crippen LogP contribution in [0.4, 0.5) is 5.69 Å². The minimum absolute atomic E-state index is 0.233. The lowest BCUT2D eigenvalue weighted by molar-refractivity contribution is 0.0992. The first kappa shape index (κ1) is 22.3. The van der Waals surface area contributed by atoms with E-state index in [2.05, 4.69) is 22.5 Å². The Morgan fingerprint density at radius 2 is 1.88 bits per heavy atom. The van der Waals surface area contributed by atoms with Crippen molar-refractivity contribution in [1.29, 1.82) is 0 Å². The van der Waals surface area contributed by atoms with Crippen LogP contribution in [-0.2, 0) is 26.0 Å². The number of hydrogen-bond donors (Lipinski definition) is 1. The van der Waals surface area contributed by atoms with E-state index in [-0.39, 0.29) is 18.3 Å². The van der Waals surface area contributed by atoms with Gasteiger partial charge in [-0.05, 0) is 86.2 Å². The number of amides is 1. The maximum absolute atomic E-state index is 12.8. The zero-order valence-corrected chi connectivity index (χ0v) is 20.0. The smallest absolute Gasteiger partial charge is 0.291 e. The molecule has 0 unspecified atom stereocenters. The highest BCUT2D eigenvalue weighted by atomic mass is 35.5. The molecule has 1 aliphatic carbocycles. The average molecular weight is 476 g/mol. The van der Waals surface area contributed by atoms with Crippen LogP contribution in [0.5, 0.6) is 5.75 Å². The summed E-state index contributed by atoms with van der Waals surface area (Å²) in [5.74, 6) is 1.33. The second-order valence-corrected chi connectivity index (χ2v) is 9.06. The van der Waals surface area contributed by atoms with Gasteiger partial charge in [0, 0.05) is 5.02 Å². The molecule has 4 aromatic rings. The average Bonchev–Trinajstić information content (AvgIpc) is 3.55. The molecule has 0 saturated carbocycles. The lowest BCUT2D eigenvalue weighted by atomic mass is 10.1.